The zero-order valence-electron chi connectivity index (χ0n) is 7.38. The largest absolute Gasteiger partial charge is 0.361 e. The van der Waals surface area contributed by atoms with Crippen molar-refractivity contribution in [2.75, 3.05) is 0 Å². The highest BCUT2D eigenvalue weighted by atomic mass is 35.5. The molecule has 0 saturated carbocycles. The molecule has 2 N–H and O–H groups in total. The zero-order valence-corrected chi connectivity index (χ0v) is 8.14. The van der Waals surface area contributed by atoms with Gasteiger partial charge in [0.15, 0.2) is 0 Å². The quantitative estimate of drug-likeness (QED) is 0.578. The molecule has 3 nitrogen and oxygen atoms in total. The van der Waals surface area contributed by atoms with E-state index in [0.29, 0.717) is 6.54 Å². The molecule has 4 heteroatoms. The van der Waals surface area contributed by atoms with Gasteiger partial charge in [0.25, 0.3) is 0 Å². The summed E-state index contributed by atoms with van der Waals surface area (Å²) in [6.45, 7) is 0.451. The molecule has 1 amide bonds. The molecule has 0 atom stereocenters. The summed E-state index contributed by atoms with van der Waals surface area (Å²) in [6.07, 6.45) is 1.87. The first kappa shape index (κ1) is 9.09. The van der Waals surface area contributed by atoms with Crippen molar-refractivity contribution in [3.63, 3.8) is 0 Å². The van der Waals surface area contributed by atoms with E-state index in [1.165, 1.54) is 0 Å². The van der Waals surface area contributed by atoms with Gasteiger partial charge >= 0.3 is 5.37 Å². The van der Waals surface area contributed by atoms with Crippen LogP contribution < -0.4 is 5.32 Å². The molecule has 1 heterocycles. The molecule has 0 aliphatic carbocycles. The van der Waals surface area contributed by atoms with Crippen molar-refractivity contribution in [2.45, 2.75) is 6.54 Å². The maximum atomic E-state index is 10.5. The molecule has 0 spiro atoms. The molecule has 72 valence electrons. The highest BCUT2D eigenvalue weighted by Crippen LogP contribution is 2.17. The second-order valence-electron chi connectivity index (χ2n) is 2.99. The molecule has 1 aromatic heterocycles. The molecular weight excluding hydrogens is 200 g/mol. The van der Waals surface area contributed by atoms with Crippen LogP contribution in [-0.4, -0.2) is 10.4 Å². The molecular formula is C10H9ClN2O. The highest BCUT2D eigenvalue weighted by molar-refractivity contribution is 6.62. The van der Waals surface area contributed by atoms with Crippen molar-refractivity contribution in [1.29, 1.82) is 0 Å². The standard InChI is InChI=1S/C10H9ClN2O/c11-10(14)13-6-7-5-12-9-4-2-1-3-8(7)9/h1-5,12H,6H2,(H,13,14). The first-order valence-electron chi connectivity index (χ1n) is 4.25. The van der Waals surface area contributed by atoms with Gasteiger partial charge in [0.2, 0.25) is 0 Å². The number of para-hydroxylation sites is 1. The Morgan fingerprint density at radius 1 is 1.43 bits per heavy atom. The van der Waals surface area contributed by atoms with Crippen molar-refractivity contribution in [2.24, 2.45) is 0 Å². The first-order valence-corrected chi connectivity index (χ1v) is 4.63. The van der Waals surface area contributed by atoms with Gasteiger partial charge in [0.1, 0.15) is 0 Å². The van der Waals surface area contributed by atoms with E-state index >= 15 is 0 Å². The molecule has 0 aliphatic heterocycles. The van der Waals surface area contributed by atoms with Gasteiger partial charge in [-0.3, -0.25) is 4.79 Å². The molecule has 0 fully saturated rings. The molecule has 0 bridgehead atoms. The summed E-state index contributed by atoms with van der Waals surface area (Å²) >= 11 is 5.19. The van der Waals surface area contributed by atoms with Gasteiger partial charge < -0.3 is 10.3 Å². The van der Waals surface area contributed by atoms with E-state index in [2.05, 4.69) is 10.3 Å². The fourth-order valence-corrected chi connectivity index (χ4v) is 1.51. The maximum absolute atomic E-state index is 10.5. The van der Waals surface area contributed by atoms with Crippen LogP contribution in [0.1, 0.15) is 5.56 Å². The smallest absolute Gasteiger partial charge is 0.314 e. The molecule has 0 saturated heterocycles. The number of benzene rings is 1. The summed E-state index contributed by atoms with van der Waals surface area (Å²) in [4.78, 5) is 13.6. The summed E-state index contributed by atoms with van der Waals surface area (Å²) in [5.74, 6) is 0. The molecule has 0 unspecified atom stereocenters. The number of H-pyrrole nitrogens is 1. The van der Waals surface area contributed by atoms with Gasteiger partial charge in [0.05, 0.1) is 0 Å². The number of aromatic amines is 1. The van der Waals surface area contributed by atoms with E-state index in [0.717, 1.165) is 16.5 Å². The van der Waals surface area contributed by atoms with Crippen LogP contribution in [0.2, 0.25) is 0 Å². The van der Waals surface area contributed by atoms with Gasteiger partial charge in [-0.1, -0.05) is 18.2 Å². The molecule has 2 aromatic rings. The van der Waals surface area contributed by atoms with Crippen molar-refractivity contribution in [3.8, 4) is 0 Å². The normalized spacial score (nSPS) is 10.4. The number of hydrogen-bond donors (Lipinski definition) is 2. The number of amides is 1. The van der Waals surface area contributed by atoms with Crippen LogP contribution in [0, 0.1) is 0 Å². The Morgan fingerprint density at radius 3 is 3.00 bits per heavy atom. The van der Waals surface area contributed by atoms with Gasteiger partial charge in [-0.25, -0.2) is 0 Å². The van der Waals surface area contributed by atoms with E-state index in [-0.39, 0.29) is 0 Å². The number of nitrogens with one attached hydrogen (secondary N) is 2. The lowest BCUT2D eigenvalue weighted by molar-refractivity contribution is 0.259. The maximum Gasteiger partial charge on any atom is 0.314 e. The van der Waals surface area contributed by atoms with E-state index in [4.69, 9.17) is 11.6 Å². The third kappa shape index (κ3) is 1.72. The summed E-state index contributed by atoms with van der Waals surface area (Å²) < 4.78 is 0. The number of halogens is 1. The van der Waals surface area contributed by atoms with Crippen LogP contribution in [0.5, 0.6) is 0 Å². The minimum Gasteiger partial charge on any atom is -0.361 e. The van der Waals surface area contributed by atoms with E-state index in [1.807, 2.05) is 30.5 Å². The van der Waals surface area contributed by atoms with Crippen molar-refractivity contribution < 1.29 is 4.79 Å². The molecule has 1 aromatic carbocycles. The Labute approximate surface area is 86.1 Å². The minimum atomic E-state index is -0.532. The Bertz CT molecular complexity index is 464. The third-order valence-corrected chi connectivity index (χ3v) is 2.23. The van der Waals surface area contributed by atoms with Crippen LogP contribution in [-0.2, 0) is 6.54 Å². The van der Waals surface area contributed by atoms with Crippen LogP contribution in [0.15, 0.2) is 30.5 Å². The second-order valence-corrected chi connectivity index (χ2v) is 3.33. The van der Waals surface area contributed by atoms with E-state index in [1.54, 1.807) is 0 Å². The Hall–Kier alpha value is -1.48. The van der Waals surface area contributed by atoms with Crippen molar-refractivity contribution in [3.05, 3.63) is 36.0 Å². The van der Waals surface area contributed by atoms with E-state index in [9.17, 15) is 4.79 Å². The summed E-state index contributed by atoms with van der Waals surface area (Å²) in [6, 6.07) is 7.91. The average molecular weight is 209 g/mol. The van der Waals surface area contributed by atoms with Gasteiger partial charge in [-0.05, 0) is 23.2 Å². The topological polar surface area (TPSA) is 44.9 Å². The Kier molecular flexibility index (Phi) is 2.41. The zero-order chi connectivity index (χ0) is 9.97. The predicted octanol–water partition coefficient (Wildman–Crippen LogP) is 2.62. The van der Waals surface area contributed by atoms with Crippen molar-refractivity contribution >= 4 is 27.9 Å². The van der Waals surface area contributed by atoms with E-state index < -0.39 is 5.37 Å². The second kappa shape index (κ2) is 3.72. The van der Waals surface area contributed by atoms with Crippen LogP contribution in [0.25, 0.3) is 10.9 Å². The lowest BCUT2D eigenvalue weighted by atomic mass is 10.2. The van der Waals surface area contributed by atoms with Crippen LogP contribution in [0.4, 0.5) is 4.79 Å². The number of carbonyl (C=O) groups excluding carboxylic acids is 1. The fraction of sp³-hybridized carbons (Fsp3) is 0.100. The number of fused-ring (bicyclic) bond motifs is 1. The number of carbonyl (C=O) groups is 1. The number of aromatic nitrogens is 1. The lowest BCUT2D eigenvalue weighted by Crippen LogP contribution is -2.14. The Morgan fingerprint density at radius 2 is 2.21 bits per heavy atom. The fourth-order valence-electron chi connectivity index (χ4n) is 1.44. The van der Waals surface area contributed by atoms with Gasteiger partial charge in [0, 0.05) is 23.6 Å². The molecule has 0 aliphatic rings. The minimum absolute atomic E-state index is 0.451. The lowest BCUT2D eigenvalue weighted by Gasteiger charge is -1.98. The van der Waals surface area contributed by atoms with Gasteiger partial charge in [-0.2, -0.15) is 0 Å². The predicted molar refractivity (Wildman–Crippen MR) is 56.4 cm³/mol. The third-order valence-electron chi connectivity index (χ3n) is 2.09. The molecule has 14 heavy (non-hydrogen) atoms. The summed E-state index contributed by atoms with van der Waals surface area (Å²) in [7, 11) is 0. The molecule has 2 rings (SSSR count). The first-order chi connectivity index (χ1) is 6.77. The SMILES string of the molecule is O=C(Cl)NCc1c[nH]c2ccccc12. The van der Waals surface area contributed by atoms with Crippen LogP contribution >= 0.6 is 11.6 Å². The monoisotopic (exact) mass is 208 g/mol. The highest BCUT2D eigenvalue weighted by Gasteiger charge is 2.02. The summed E-state index contributed by atoms with van der Waals surface area (Å²) in [5.41, 5.74) is 2.10. The van der Waals surface area contributed by atoms with Crippen molar-refractivity contribution in [1.82, 2.24) is 10.3 Å². The average Bonchev–Trinajstić information content (AvgIpc) is 2.58. The summed E-state index contributed by atoms with van der Waals surface area (Å²) in [5, 5.41) is 3.12. The van der Waals surface area contributed by atoms with Crippen LogP contribution in [0.3, 0.4) is 0 Å². The Balaban J connectivity index is 2.29. The molecule has 0 radical (unpaired) electrons. The number of hydrogen-bond acceptors (Lipinski definition) is 1. The van der Waals surface area contributed by atoms with Gasteiger partial charge in [-0.15, -0.1) is 0 Å². The number of rotatable bonds is 2.